The summed E-state index contributed by atoms with van der Waals surface area (Å²) in [5.41, 5.74) is 0.584. The fourth-order valence-electron chi connectivity index (χ4n) is 1.41. The summed E-state index contributed by atoms with van der Waals surface area (Å²) < 4.78 is 0. The molecule has 0 fully saturated rings. The zero-order valence-corrected chi connectivity index (χ0v) is 10.5. The molecule has 0 aromatic heterocycles. The van der Waals surface area contributed by atoms with Crippen LogP contribution in [0.5, 0.6) is 0 Å². The van der Waals surface area contributed by atoms with Gasteiger partial charge in [-0.3, -0.25) is 0 Å². The Hall–Kier alpha value is -1.26. The van der Waals surface area contributed by atoms with Gasteiger partial charge < -0.3 is 15.7 Å². The number of rotatable bonds is 5. The summed E-state index contributed by atoms with van der Waals surface area (Å²) in [6.07, 6.45) is 1.42. The third kappa shape index (κ3) is 5.06. The maximum Gasteiger partial charge on any atom is 0.319 e. The van der Waals surface area contributed by atoms with Gasteiger partial charge in [0.1, 0.15) is 0 Å². The number of benzene rings is 1. The van der Waals surface area contributed by atoms with Gasteiger partial charge >= 0.3 is 6.03 Å². The minimum atomic E-state index is -0.288. The highest BCUT2D eigenvalue weighted by molar-refractivity contribution is 6.33. The minimum absolute atomic E-state index is 0.0182. The molecule has 1 unspecified atom stereocenters. The van der Waals surface area contributed by atoms with E-state index >= 15 is 0 Å². The maximum atomic E-state index is 11.6. The number of halogens is 1. The molecule has 0 spiro atoms. The summed E-state index contributed by atoms with van der Waals surface area (Å²) in [6, 6.07) is 6.78. The lowest BCUT2D eigenvalue weighted by Gasteiger charge is -2.14. The van der Waals surface area contributed by atoms with E-state index in [1.165, 1.54) is 0 Å². The van der Waals surface area contributed by atoms with Gasteiger partial charge in [0.25, 0.3) is 0 Å². The zero-order valence-electron chi connectivity index (χ0n) is 9.74. The lowest BCUT2D eigenvalue weighted by Crippen LogP contribution is -2.36. The molecule has 1 aromatic carbocycles. The molecule has 17 heavy (non-hydrogen) atoms. The van der Waals surface area contributed by atoms with Gasteiger partial charge in [-0.1, -0.05) is 23.7 Å². The van der Waals surface area contributed by atoms with Crippen molar-refractivity contribution in [3.63, 3.8) is 0 Å². The molecule has 0 aliphatic carbocycles. The van der Waals surface area contributed by atoms with Crippen molar-refractivity contribution in [3.05, 3.63) is 29.3 Å². The van der Waals surface area contributed by atoms with E-state index in [2.05, 4.69) is 10.6 Å². The molecule has 0 bridgehead atoms. The second kappa shape index (κ2) is 7.14. The first kappa shape index (κ1) is 13.8. The molecule has 1 aromatic rings. The molecular formula is C12H17ClN2O2. The summed E-state index contributed by atoms with van der Waals surface area (Å²) in [4.78, 5) is 11.6. The normalized spacial score (nSPS) is 11.9. The first-order valence-corrected chi connectivity index (χ1v) is 5.94. The number of aliphatic hydroxyl groups excluding tert-OH is 1. The minimum Gasteiger partial charge on any atom is -0.396 e. The van der Waals surface area contributed by atoms with Crippen molar-refractivity contribution in [1.29, 1.82) is 0 Å². The van der Waals surface area contributed by atoms with Crippen LogP contribution in [0.25, 0.3) is 0 Å². The van der Waals surface area contributed by atoms with E-state index in [1.807, 2.05) is 6.92 Å². The maximum absolute atomic E-state index is 11.6. The molecule has 1 atom stereocenters. The highest BCUT2D eigenvalue weighted by atomic mass is 35.5. The van der Waals surface area contributed by atoms with Crippen molar-refractivity contribution in [3.8, 4) is 0 Å². The predicted molar refractivity (Wildman–Crippen MR) is 69.4 cm³/mol. The van der Waals surface area contributed by atoms with E-state index < -0.39 is 0 Å². The number of hydrogen-bond acceptors (Lipinski definition) is 2. The SMILES string of the molecule is CC(CCCO)NC(=O)Nc1ccccc1Cl. The third-order valence-corrected chi connectivity index (χ3v) is 2.62. The number of hydrogen-bond donors (Lipinski definition) is 3. The molecule has 1 rings (SSSR count). The zero-order chi connectivity index (χ0) is 12.7. The molecule has 2 amide bonds. The van der Waals surface area contributed by atoms with E-state index in [0.29, 0.717) is 17.1 Å². The standard InChI is InChI=1S/C12H17ClN2O2/c1-9(5-4-8-16)14-12(17)15-11-7-3-2-6-10(11)13/h2-3,6-7,9,16H,4-5,8H2,1H3,(H2,14,15,17). The Kier molecular flexibility index (Phi) is 5.80. The van der Waals surface area contributed by atoms with Crippen molar-refractivity contribution in [2.24, 2.45) is 0 Å². The predicted octanol–water partition coefficient (Wildman–Crippen LogP) is 2.62. The quantitative estimate of drug-likeness (QED) is 0.758. The molecule has 4 nitrogen and oxygen atoms in total. The second-order valence-corrected chi connectivity index (χ2v) is 4.25. The van der Waals surface area contributed by atoms with Crippen molar-refractivity contribution in [1.82, 2.24) is 5.32 Å². The number of urea groups is 1. The summed E-state index contributed by atoms with van der Waals surface area (Å²) in [6.45, 7) is 2.03. The van der Waals surface area contributed by atoms with Crippen molar-refractivity contribution >= 4 is 23.3 Å². The van der Waals surface area contributed by atoms with Crippen LogP contribution in [0.2, 0.25) is 5.02 Å². The van der Waals surface area contributed by atoms with Gasteiger partial charge in [0, 0.05) is 12.6 Å². The van der Waals surface area contributed by atoms with Crippen LogP contribution in [0.4, 0.5) is 10.5 Å². The number of para-hydroxylation sites is 1. The molecule has 5 heteroatoms. The molecule has 0 aliphatic heterocycles. The number of anilines is 1. The van der Waals surface area contributed by atoms with Crippen LogP contribution in [-0.2, 0) is 0 Å². The number of nitrogens with one attached hydrogen (secondary N) is 2. The van der Waals surface area contributed by atoms with E-state index in [4.69, 9.17) is 16.7 Å². The average molecular weight is 257 g/mol. The van der Waals surface area contributed by atoms with Crippen LogP contribution >= 0.6 is 11.6 Å². The van der Waals surface area contributed by atoms with E-state index in [1.54, 1.807) is 24.3 Å². The van der Waals surface area contributed by atoms with E-state index in [9.17, 15) is 4.79 Å². The summed E-state index contributed by atoms with van der Waals surface area (Å²) >= 11 is 5.91. The van der Waals surface area contributed by atoms with Crippen LogP contribution in [0.15, 0.2) is 24.3 Å². The van der Waals surface area contributed by atoms with E-state index in [0.717, 1.165) is 6.42 Å². The largest absolute Gasteiger partial charge is 0.396 e. The van der Waals surface area contributed by atoms with Crippen LogP contribution in [0, 0.1) is 0 Å². The Balaban J connectivity index is 2.42. The number of aliphatic hydroxyl groups is 1. The third-order valence-electron chi connectivity index (χ3n) is 2.29. The fourth-order valence-corrected chi connectivity index (χ4v) is 1.60. The Morgan fingerprint density at radius 1 is 1.47 bits per heavy atom. The summed E-state index contributed by atoms with van der Waals surface area (Å²) in [5.74, 6) is 0. The molecule has 0 heterocycles. The Morgan fingerprint density at radius 3 is 2.82 bits per heavy atom. The Labute approximate surface area is 106 Å². The average Bonchev–Trinajstić information content (AvgIpc) is 2.29. The lowest BCUT2D eigenvalue weighted by atomic mass is 10.2. The molecule has 0 saturated carbocycles. The fraction of sp³-hybridized carbons (Fsp3) is 0.417. The summed E-state index contributed by atoms with van der Waals surface area (Å²) in [7, 11) is 0. The van der Waals surface area contributed by atoms with Gasteiger partial charge in [0.05, 0.1) is 10.7 Å². The topological polar surface area (TPSA) is 61.4 Å². The highest BCUT2D eigenvalue weighted by Crippen LogP contribution is 2.20. The Bertz CT molecular complexity index is 371. The molecular weight excluding hydrogens is 240 g/mol. The molecule has 0 aliphatic rings. The second-order valence-electron chi connectivity index (χ2n) is 3.85. The monoisotopic (exact) mass is 256 g/mol. The number of carbonyl (C=O) groups excluding carboxylic acids is 1. The Morgan fingerprint density at radius 2 is 2.18 bits per heavy atom. The number of amides is 2. The van der Waals surface area contributed by atoms with Crippen molar-refractivity contribution < 1.29 is 9.90 Å². The van der Waals surface area contributed by atoms with Crippen LogP contribution in [-0.4, -0.2) is 23.8 Å². The van der Waals surface area contributed by atoms with Crippen LogP contribution < -0.4 is 10.6 Å². The molecule has 0 saturated heterocycles. The first-order valence-electron chi connectivity index (χ1n) is 5.56. The van der Waals surface area contributed by atoms with Gasteiger partial charge in [0.15, 0.2) is 0 Å². The summed E-state index contributed by atoms with van der Waals surface area (Å²) in [5, 5.41) is 14.6. The van der Waals surface area contributed by atoms with Crippen molar-refractivity contribution in [2.45, 2.75) is 25.8 Å². The van der Waals surface area contributed by atoms with Gasteiger partial charge in [0.2, 0.25) is 0 Å². The van der Waals surface area contributed by atoms with Crippen LogP contribution in [0.1, 0.15) is 19.8 Å². The molecule has 0 radical (unpaired) electrons. The van der Waals surface area contributed by atoms with Gasteiger partial charge in [-0.2, -0.15) is 0 Å². The molecule has 94 valence electrons. The number of carbonyl (C=O) groups is 1. The smallest absolute Gasteiger partial charge is 0.319 e. The van der Waals surface area contributed by atoms with Gasteiger partial charge in [-0.25, -0.2) is 4.79 Å². The highest BCUT2D eigenvalue weighted by Gasteiger charge is 2.08. The lowest BCUT2D eigenvalue weighted by molar-refractivity contribution is 0.245. The van der Waals surface area contributed by atoms with Crippen molar-refractivity contribution in [2.75, 3.05) is 11.9 Å². The molecule has 3 N–H and O–H groups in total. The van der Waals surface area contributed by atoms with Crippen LogP contribution in [0.3, 0.4) is 0 Å². The van der Waals surface area contributed by atoms with Gasteiger partial charge in [-0.15, -0.1) is 0 Å². The van der Waals surface area contributed by atoms with Gasteiger partial charge in [-0.05, 0) is 31.9 Å². The first-order chi connectivity index (χ1) is 8.13. The van der Waals surface area contributed by atoms with E-state index in [-0.39, 0.29) is 18.7 Å².